The minimum atomic E-state index is 0.775. The van der Waals surface area contributed by atoms with Crippen molar-refractivity contribution in [2.75, 3.05) is 19.4 Å². The van der Waals surface area contributed by atoms with Crippen molar-refractivity contribution in [2.45, 2.75) is 19.9 Å². The number of rotatable bonds is 6. The van der Waals surface area contributed by atoms with Gasteiger partial charge in [0.1, 0.15) is 5.75 Å². The van der Waals surface area contributed by atoms with Crippen LogP contribution in [0.1, 0.15) is 17.5 Å². The zero-order valence-corrected chi connectivity index (χ0v) is 11.4. The summed E-state index contributed by atoms with van der Waals surface area (Å²) in [6.07, 6.45) is 1.06. The molecule has 0 fully saturated rings. The van der Waals surface area contributed by atoms with Gasteiger partial charge in [-0.15, -0.1) is 0 Å². The lowest BCUT2D eigenvalue weighted by Gasteiger charge is -2.11. The fourth-order valence-corrected chi connectivity index (χ4v) is 1.80. The molecule has 0 aliphatic carbocycles. The van der Waals surface area contributed by atoms with Crippen molar-refractivity contribution in [3.63, 3.8) is 0 Å². The molecule has 0 aliphatic rings. The summed E-state index contributed by atoms with van der Waals surface area (Å²) in [4.78, 5) is 0. The number of benzene rings is 1. The quantitative estimate of drug-likeness (QED) is 0.605. The van der Waals surface area contributed by atoms with Crippen molar-refractivity contribution < 1.29 is 4.74 Å². The highest BCUT2D eigenvalue weighted by atomic mass is 35.5. The molecule has 90 valence electrons. The monoisotopic (exact) mass is 259 g/mol. The van der Waals surface area contributed by atoms with E-state index in [1.54, 1.807) is 7.11 Å². The third-order valence-electron chi connectivity index (χ3n) is 2.39. The standard InChI is InChI=1S/C12H18ClNOS/c1-9-6-12(15-2)10(7-11(9)13)8-14-4-3-5-16/h6-7,14,16H,3-5,8H2,1-2H3. The molecule has 1 aromatic carbocycles. The van der Waals surface area contributed by atoms with Gasteiger partial charge >= 0.3 is 0 Å². The molecule has 0 unspecified atom stereocenters. The molecule has 1 rings (SSSR count). The molecule has 0 aliphatic heterocycles. The van der Waals surface area contributed by atoms with Crippen LogP contribution >= 0.6 is 24.2 Å². The first-order valence-corrected chi connectivity index (χ1v) is 6.34. The number of methoxy groups -OCH3 is 1. The van der Waals surface area contributed by atoms with Crippen molar-refractivity contribution in [1.82, 2.24) is 5.32 Å². The second-order valence-electron chi connectivity index (χ2n) is 3.67. The number of nitrogens with one attached hydrogen (secondary N) is 1. The summed E-state index contributed by atoms with van der Waals surface area (Å²) in [6.45, 7) is 3.71. The van der Waals surface area contributed by atoms with Crippen LogP contribution in [0.4, 0.5) is 0 Å². The van der Waals surface area contributed by atoms with Crippen LogP contribution in [0.15, 0.2) is 12.1 Å². The van der Waals surface area contributed by atoms with Crippen LogP contribution in [-0.4, -0.2) is 19.4 Å². The Bertz CT molecular complexity index is 344. The van der Waals surface area contributed by atoms with Crippen LogP contribution in [-0.2, 0) is 6.54 Å². The maximum Gasteiger partial charge on any atom is 0.123 e. The van der Waals surface area contributed by atoms with Gasteiger partial charge in [0.05, 0.1) is 7.11 Å². The molecule has 1 aromatic rings. The summed E-state index contributed by atoms with van der Waals surface area (Å²) >= 11 is 10.3. The number of ether oxygens (including phenoxy) is 1. The van der Waals surface area contributed by atoms with E-state index in [4.69, 9.17) is 16.3 Å². The first kappa shape index (κ1) is 13.7. The van der Waals surface area contributed by atoms with Gasteiger partial charge in [0.25, 0.3) is 0 Å². The number of hydrogen-bond acceptors (Lipinski definition) is 3. The molecular weight excluding hydrogens is 242 g/mol. The minimum absolute atomic E-state index is 0.775. The summed E-state index contributed by atoms with van der Waals surface area (Å²) in [6, 6.07) is 3.93. The number of thiol groups is 1. The van der Waals surface area contributed by atoms with Crippen molar-refractivity contribution in [1.29, 1.82) is 0 Å². The van der Waals surface area contributed by atoms with Crippen molar-refractivity contribution >= 4 is 24.2 Å². The SMILES string of the molecule is COc1cc(C)c(Cl)cc1CNCCCS. The van der Waals surface area contributed by atoms with E-state index < -0.39 is 0 Å². The highest BCUT2D eigenvalue weighted by Gasteiger charge is 2.06. The highest BCUT2D eigenvalue weighted by Crippen LogP contribution is 2.26. The van der Waals surface area contributed by atoms with Crippen molar-refractivity contribution in [3.8, 4) is 5.75 Å². The Hall–Kier alpha value is -0.380. The second-order valence-corrected chi connectivity index (χ2v) is 4.52. The molecule has 2 nitrogen and oxygen atoms in total. The average Bonchev–Trinajstić information content (AvgIpc) is 2.28. The van der Waals surface area contributed by atoms with Crippen LogP contribution in [0.2, 0.25) is 5.02 Å². The zero-order chi connectivity index (χ0) is 12.0. The first-order chi connectivity index (χ1) is 7.69. The molecule has 0 bridgehead atoms. The van der Waals surface area contributed by atoms with Gasteiger partial charge in [0.2, 0.25) is 0 Å². The lowest BCUT2D eigenvalue weighted by Crippen LogP contribution is -2.15. The predicted octanol–water partition coefficient (Wildman–Crippen LogP) is 3.07. The first-order valence-electron chi connectivity index (χ1n) is 5.33. The Balaban J connectivity index is 2.66. The Morgan fingerprint density at radius 1 is 1.44 bits per heavy atom. The van der Waals surface area contributed by atoms with Crippen LogP contribution in [0.25, 0.3) is 0 Å². The van der Waals surface area contributed by atoms with Gasteiger partial charge in [-0.25, -0.2) is 0 Å². The Morgan fingerprint density at radius 2 is 2.19 bits per heavy atom. The van der Waals surface area contributed by atoms with Gasteiger partial charge < -0.3 is 10.1 Å². The topological polar surface area (TPSA) is 21.3 Å². The van der Waals surface area contributed by atoms with Gasteiger partial charge in [-0.3, -0.25) is 0 Å². The molecule has 0 saturated heterocycles. The molecule has 0 heterocycles. The van der Waals surface area contributed by atoms with Gasteiger partial charge in [-0.05, 0) is 43.3 Å². The van der Waals surface area contributed by atoms with Gasteiger partial charge in [-0.1, -0.05) is 11.6 Å². The molecule has 0 aromatic heterocycles. The van der Waals surface area contributed by atoms with Gasteiger partial charge in [0.15, 0.2) is 0 Å². The number of halogens is 1. The van der Waals surface area contributed by atoms with Crippen molar-refractivity contribution in [2.24, 2.45) is 0 Å². The van der Waals surface area contributed by atoms with E-state index in [1.165, 1.54) is 0 Å². The normalized spacial score (nSPS) is 10.5. The van der Waals surface area contributed by atoms with Gasteiger partial charge in [-0.2, -0.15) is 12.6 Å². The molecule has 4 heteroatoms. The summed E-state index contributed by atoms with van der Waals surface area (Å²) in [5.74, 6) is 1.79. The molecule has 0 radical (unpaired) electrons. The summed E-state index contributed by atoms with van der Waals surface area (Å²) in [7, 11) is 1.68. The van der Waals surface area contributed by atoms with E-state index in [0.29, 0.717) is 0 Å². The van der Waals surface area contributed by atoms with E-state index in [-0.39, 0.29) is 0 Å². The summed E-state index contributed by atoms with van der Waals surface area (Å²) < 4.78 is 5.32. The fraction of sp³-hybridized carbons (Fsp3) is 0.500. The number of aryl methyl sites for hydroxylation is 1. The smallest absolute Gasteiger partial charge is 0.123 e. The molecule has 0 atom stereocenters. The van der Waals surface area contributed by atoms with E-state index in [9.17, 15) is 0 Å². The fourth-order valence-electron chi connectivity index (χ4n) is 1.45. The van der Waals surface area contributed by atoms with E-state index in [0.717, 1.165) is 47.2 Å². The minimum Gasteiger partial charge on any atom is -0.496 e. The zero-order valence-electron chi connectivity index (χ0n) is 9.72. The summed E-state index contributed by atoms with van der Waals surface area (Å²) in [5.41, 5.74) is 2.13. The van der Waals surface area contributed by atoms with Gasteiger partial charge in [0, 0.05) is 17.1 Å². The lowest BCUT2D eigenvalue weighted by molar-refractivity contribution is 0.407. The highest BCUT2D eigenvalue weighted by molar-refractivity contribution is 7.80. The molecular formula is C12H18ClNOS. The van der Waals surface area contributed by atoms with E-state index >= 15 is 0 Å². The molecule has 1 N–H and O–H groups in total. The van der Waals surface area contributed by atoms with Crippen LogP contribution in [0, 0.1) is 6.92 Å². The summed E-state index contributed by atoms with van der Waals surface area (Å²) in [5, 5.41) is 4.12. The molecule has 0 amide bonds. The Labute approximate surface area is 108 Å². The third-order valence-corrected chi connectivity index (χ3v) is 3.11. The van der Waals surface area contributed by atoms with Crippen LogP contribution < -0.4 is 10.1 Å². The average molecular weight is 260 g/mol. The Morgan fingerprint density at radius 3 is 2.81 bits per heavy atom. The molecule has 0 saturated carbocycles. The van der Waals surface area contributed by atoms with E-state index in [1.807, 2.05) is 19.1 Å². The van der Waals surface area contributed by atoms with Crippen LogP contribution in [0.5, 0.6) is 5.75 Å². The predicted molar refractivity (Wildman–Crippen MR) is 72.9 cm³/mol. The molecule has 16 heavy (non-hydrogen) atoms. The van der Waals surface area contributed by atoms with Crippen molar-refractivity contribution in [3.05, 3.63) is 28.3 Å². The van der Waals surface area contributed by atoms with Crippen LogP contribution in [0.3, 0.4) is 0 Å². The lowest BCUT2D eigenvalue weighted by atomic mass is 10.1. The largest absolute Gasteiger partial charge is 0.496 e. The second kappa shape index (κ2) is 7.05. The van der Waals surface area contributed by atoms with E-state index in [2.05, 4.69) is 17.9 Å². The molecule has 0 spiro atoms. The third kappa shape index (κ3) is 3.89. The maximum atomic E-state index is 6.09. The Kier molecular flexibility index (Phi) is 6.03. The number of hydrogen-bond donors (Lipinski definition) is 2. The maximum absolute atomic E-state index is 6.09.